The Labute approximate surface area is 149 Å². The van der Waals surface area contributed by atoms with Crippen LogP contribution in [0.4, 0.5) is 0 Å². The van der Waals surface area contributed by atoms with Crippen molar-refractivity contribution < 1.29 is 9.47 Å². The first-order valence-corrected chi connectivity index (χ1v) is 8.77. The van der Waals surface area contributed by atoms with Gasteiger partial charge < -0.3 is 14.4 Å². The third kappa shape index (κ3) is 3.85. The van der Waals surface area contributed by atoms with Gasteiger partial charge in [0, 0.05) is 61.7 Å². The van der Waals surface area contributed by atoms with E-state index in [1.807, 2.05) is 31.0 Å². The van der Waals surface area contributed by atoms with E-state index in [0.717, 1.165) is 48.7 Å². The van der Waals surface area contributed by atoms with E-state index < -0.39 is 0 Å². The van der Waals surface area contributed by atoms with Gasteiger partial charge in [-0.25, -0.2) is 0 Å². The summed E-state index contributed by atoms with van der Waals surface area (Å²) in [6, 6.07) is 0. The lowest BCUT2D eigenvalue weighted by molar-refractivity contribution is 0.0803. The zero-order valence-corrected chi connectivity index (χ0v) is 15.8. The highest BCUT2D eigenvalue weighted by molar-refractivity contribution is 5.41. The first-order valence-electron chi connectivity index (χ1n) is 8.77. The van der Waals surface area contributed by atoms with E-state index in [-0.39, 0.29) is 6.10 Å². The maximum atomic E-state index is 5.98. The molecular formula is C19H28N4O2. The molecule has 0 unspecified atom stereocenters. The summed E-state index contributed by atoms with van der Waals surface area (Å²) < 4.78 is 13.3. The molecule has 1 fully saturated rings. The van der Waals surface area contributed by atoms with Gasteiger partial charge in [0.05, 0.1) is 25.1 Å². The van der Waals surface area contributed by atoms with Crippen molar-refractivity contribution in [1.82, 2.24) is 19.7 Å². The van der Waals surface area contributed by atoms with Crippen molar-refractivity contribution >= 4 is 0 Å². The second-order valence-electron chi connectivity index (χ2n) is 7.03. The standard InChI is InChI=1S/C19H28N4O2/c1-13-8-20-17(14(2)18(13)24-5)12-22(3)10-15-6-7-25-19(15)16-9-21-23(4)11-16/h8-9,11,15,19H,6-7,10,12H2,1-5H3/t15-,19+/m1/s1. The van der Waals surface area contributed by atoms with Gasteiger partial charge in [0.15, 0.2) is 0 Å². The Bertz CT molecular complexity index is 728. The van der Waals surface area contributed by atoms with Crippen molar-refractivity contribution in [3.8, 4) is 5.75 Å². The van der Waals surface area contributed by atoms with Crippen molar-refractivity contribution in [2.45, 2.75) is 32.9 Å². The summed E-state index contributed by atoms with van der Waals surface area (Å²) in [4.78, 5) is 6.94. The molecule has 25 heavy (non-hydrogen) atoms. The van der Waals surface area contributed by atoms with Crippen molar-refractivity contribution in [2.75, 3.05) is 27.3 Å². The van der Waals surface area contributed by atoms with Crippen LogP contribution in [0.3, 0.4) is 0 Å². The van der Waals surface area contributed by atoms with Crippen LogP contribution in [0.15, 0.2) is 18.6 Å². The number of nitrogens with zero attached hydrogens (tertiary/aromatic N) is 4. The fourth-order valence-corrected chi connectivity index (χ4v) is 3.73. The molecular weight excluding hydrogens is 316 g/mol. The van der Waals surface area contributed by atoms with Crippen LogP contribution in [0.5, 0.6) is 5.75 Å². The molecule has 2 aromatic rings. The van der Waals surface area contributed by atoms with Gasteiger partial charge in [-0.1, -0.05) is 0 Å². The second-order valence-corrected chi connectivity index (χ2v) is 7.03. The van der Waals surface area contributed by atoms with Gasteiger partial charge in [-0.05, 0) is 27.3 Å². The maximum Gasteiger partial charge on any atom is 0.128 e. The third-order valence-corrected chi connectivity index (χ3v) is 4.98. The highest BCUT2D eigenvalue weighted by atomic mass is 16.5. The predicted octanol–water partition coefficient (Wildman–Crippen LogP) is 2.65. The minimum absolute atomic E-state index is 0.137. The molecule has 1 aliphatic rings. The van der Waals surface area contributed by atoms with Gasteiger partial charge in [0.25, 0.3) is 0 Å². The average Bonchev–Trinajstić information content (AvgIpc) is 3.19. The maximum absolute atomic E-state index is 5.98. The summed E-state index contributed by atoms with van der Waals surface area (Å²) in [6.07, 6.45) is 7.08. The van der Waals surface area contributed by atoms with E-state index in [2.05, 4.69) is 35.2 Å². The third-order valence-electron chi connectivity index (χ3n) is 4.98. The minimum atomic E-state index is 0.137. The molecule has 3 heterocycles. The predicted molar refractivity (Wildman–Crippen MR) is 96.6 cm³/mol. The van der Waals surface area contributed by atoms with Gasteiger partial charge in [-0.2, -0.15) is 5.10 Å². The normalized spacial score (nSPS) is 20.4. The Hall–Kier alpha value is -1.92. The number of hydrogen-bond acceptors (Lipinski definition) is 5. The number of aryl methyl sites for hydroxylation is 2. The van der Waals surface area contributed by atoms with E-state index in [9.17, 15) is 0 Å². The SMILES string of the molecule is COc1c(C)cnc(CN(C)C[C@H]2CCO[C@@H]2c2cnn(C)c2)c1C. The molecule has 0 aliphatic carbocycles. The van der Waals surface area contributed by atoms with Crippen LogP contribution in [0.1, 0.15) is 34.9 Å². The number of rotatable bonds is 6. The average molecular weight is 344 g/mol. The molecule has 0 radical (unpaired) electrons. The zero-order chi connectivity index (χ0) is 18.0. The zero-order valence-electron chi connectivity index (χ0n) is 15.8. The molecule has 0 spiro atoms. The molecule has 3 rings (SSSR count). The van der Waals surface area contributed by atoms with Crippen LogP contribution in [-0.4, -0.2) is 47.0 Å². The smallest absolute Gasteiger partial charge is 0.128 e. The first-order chi connectivity index (χ1) is 12.0. The van der Waals surface area contributed by atoms with Gasteiger partial charge in [-0.3, -0.25) is 9.67 Å². The molecule has 6 nitrogen and oxygen atoms in total. The summed E-state index contributed by atoms with van der Waals surface area (Å²) in [5, 5.41) is 4.28. The second kappa shape index (κ2) is 7.54. The number of methoxy groups -OCH3 is 1. The molecule has 6 heteroatoms. The largest absolute Gasteiger partial charge is 0.496 e. The van der Waals surface area contributed by atoms with Crippen LogP contribution in [0.2, 0.25) is 0 Å². The quantitative estimate of drug-likeness (QED) is 0.806. The van der Waals surface area contributed by atoms with Gasteiger partial charge in [0.1, 0.15) is 5.75 Å². The molecule has 0 amide bonds. The molecule has 0 N–H and O–H groups in total. The Balaban J connectivity index is 1.67. The molecule has 2 atom stereocenters. The summed E-state index contributed by atoms with van der Waals surface area (Å²) in [7, 11) is 5.81. The van der Waals surface area contributed by atoms with Gasteiger partial charge in [0.2, 0.25) is 0 Å². The Morgan fingerprint density at radius 2 is 2.16 bits per heavy atom. The van der Waals surface area contributed by atoms with Crippen molar-refractivity contribution in [3.05, 3.63) is 41.0 Å². The summed E-state index contributed by atoms with van der Waals surface area (Å²) in [6.45, 7) is 6.70. The highest BCUT2D eigenvalue weighted by Crippen LogP contribution is 2.35. The topological polar surface area (TPSA) is 52.4 Å². The van der Waals surface area contributed by atoms with E-state index in [0.29, 0.717) is 5.92 Å². The van der Waals surface area contributed by atoms with Crippen LogP contribution >= 0.6 is 0 Å². The van der Waals surface area contributed by atoms with Crippen molar-refractivity contribution in [1.29, 1.82) is 0 Å². The Morgan fingerprint density at radius 1 is 1.36 bits per heavy atom. The van der Waals surface area contributed by atoms with Crippen LogP contribution in [0.25, 0.3) is 0 Å². The fraction of sp³-hybridized carbons (Fsp3) is 0.579. The van der Waals surface area contributed by atoms with Crippen LogP contribution in [-0.2, 0) is 18.3 Å². The molecule has 2 aromatic heterocycles. The summed E-state index contributed by atoms with van der Waals surface area (Å²) >= 11 is 0. The lowest BCUT2D eigenvalue weighted by atomic mass is 9.96. The van der Waals surface area contributed by atoms with Crippen molar-refractivity contribution in [2.24, 2.45) is 13.0 Å². The van der Waals surface area contributed by atoms with Crippen LogP contribution in [0, 0.1) is 19.8 Å². The number of pyridine rings is 1. The monoisotopic (exact) mass is 344 g/mol. The van der Waals surface area contributed by atoms with E-state index in [4.69, 9.17) is 9.47 Å². The molecule has 136 valence electrons. The molecule has 0 aromatic carbocycles. The van der Waals surface area contributed by atoms with E-state index in [1.165, 1.54) is 5.56 Å². The van der Waals surface area contributed by atoms with Gasteiger partial charge >= 0.3 is 0 Å². The highest BCUT2D eigenvalue weighted by Gasteiger charge is 2.31. The molecule has 1 aliphatic heterocycles. The lowest BCUT2D eigenvalue weighted by Crippen LogP contribution is -2.27. The molecule has 1 saturated heterocycles. The molecule has 0 bridgehead atoms. The number of hydrogen-bond donors (Lipinski definition) is 0. The summed E-state index contributed by atoms with van der Waals surface area (Å²) in [5.74, 6) is 1.41. The van der Waals surface area contributed by atoms with Crippen molar-refractivity contribution in [3.63, 3.8) is 0 Å². The van der Waals surface area contributed by atoms with E-state index >= 15 is 0 Å². The first kappa shape index (κ1) is 17.9. The van der Waals surface area contributed by atoms with E-state index in [1.54, 1.807) is 7.11 Å². The van der Waals surface area contributed by atoms with Crippen LogP contribution < -0.4 is 4.74 Å². The summed E-state index contributed by atoms with van der Waals surface area (Å²) in [5.41, 5.74) is 4.44. The number of ether oxygens (including phenoxy) is 2. The lowest BCUT2D eigenvalue weighted by Gasteiger charge is -2.24. The Morgan fingerprint density at radius 3 is 2.84 bits per heavy atom. The van der Waals surface area contributed by atoms with Gasteiger partial charge in [-0.15, -0.1) is 0 Å². The molecule has 0 saturated carbocycles. The minimum Gasteiger partial charge on any atom is -0.496 e. The number of aromatic nitrogens is 3. The Kier molecular flexibility index (Phi) is 5.39. The fourth-order valence-electron chi connectivity index (χ4n) is 3.73.